The molecule has 0 saturated carbocycles. The maximum absolute atomic E-state index is 11.9. The fraction of sp³-hybridized carbons (Fsp3) is 0.357. The van der Waals surface area contributed by atoms with E-state index in [0.29, 0.717) is 30.7 Å². The van der Waals surface area contributed by atoms with E-state index in [4.69, 9.17) is 9.47 Å². The zero-order valence-electron chi connectivity index (χ0n) is 20.5. The molecule has 0 radical (unpaired) electrons. The molecule has 1 amide bonds. The molecule has 0 spiro atoms. The van der Waals surface area contributed by atoms with Crippen LogP contribution < -0.4 is 10.1 Å². The summed E-state index contributed by atoms with van der Waals surface area (Å²) >= 11 is 0. The average molecular weight is 463 g/mol. The molecule has 0 aliphatic rings. The number of nitrogens with zero attached hydrogens (tertiary/aromatic N) is 1. The molecule has 0 aliphatic carbocycles. The molecule has 1 N–H and O–H groups in total. The van der Waals surface area contributed by atoms with E-state index in [9.17, 15) is 9.59 Å². The normalized spacial score (nSPS) is 11.2. The lowest BCUT2D eigenvalue weighted by molar-refractivity contribution is -0.120. The third kappa shape index (κ3) is 6.07. The first-order chi connectivity index (χ1) is 16.5. The van der Waals surface area contributed by atoms with Gasteiger partial charge < -0.3 is 19.4 Å². The number of methoxy groups -OCH3 is 2. The van der Waals surface area contributed by atoms with Gasteiger partial charge in [0.25, 0.3) is 0 Å². The summed E-state index contributed by atoms with van der Waals surface area (Å²) in [6.07, 6.45) is 9.11. The molecular weight excluding hydrogens is 428 g/mol. The molecule has 0 unspecified atom stereocenters. The Labute approximate surface area is 201 Å². The Bertz CT molecular complexity index is 1180. The highest BCUT2D eigenvalue weighted by Crippen LogP contribution is 2.30. The van der Waals surface area contributed by atoms with E-state index in [0.717, 1.165) is 30.5 Å². The number of hydrogen-bond donors (Lipinski definition) is 1. The fourth-order valence-electron chi connectivity index (χ4n) is 4.04. The van der Waals surface area contributed by atoms with Crippen LogP contribution in [0.15, 0.2) is 48.7 Å². The lowest BCUT2D eigenvalue weighted by Crippen LogP contribution is -2.22. The molecule has 3 rings (SSSR count). The second-order valence-electron chi connectivity index (χ2n) is 8.28. The van der Waals surface area contributed by atoms with E-state index in [-0.39, 0.29) is 11.9 Å². The third-order valence-electron chi connectivity index (χ3n) is 5.73. The quantitative estimate of drug-likeness (QED) is 0.389. The number of carbonyl (C=O) groups is 2. The van der Waals surface area contributed by atoms with Gasteiger partial charge in [-0.2, -0.15) is 0 Å². The molecule has 6 heteroatoms. The SMILES string of the molecule is CCCNC(=O)C/C=C/c1ccc2c(c1)c(Cc1ccc(C(=O)OC)cc1OC)cn2CCC. The monoisotopic (exact) mass is 462 g/mol. The summed E-state index contributed by atoms with van der Waals surface area (Å²) < 4.78 is 12.7. The van der Waals surface area contributed by atoms with Crippen LogP contribution >= 0.6 is 0 Å². The molecule has 0 fully saturated rings. The topological polar surface area (TPSA) is 69.6 Å². The van der Waals surface area contributed by atoms with Gasteiger partial charge in [-0.05, 0) is 53.8 Å². The Morgan fingerprint density at radius 3 is 2.56 bits per heavy atom. The number of esters is 1. The first-order valence-electron chi connectivity index (χ1n) is 11.8. The summed E-state index contributed by atoms with van der Waals surface area (Å²) in [5.74, 6) is 0.314. The van der Waals surface area contributed by atoms with Crippen LogP contribution in [0.1, 0.15) is 60.2 Å². The number of amides is 1. The minimum atomic E-state index is -0.385. The number of fused-ring (bicyclic) bond motifs is 1. The van der Waals surface area contributed by atoms with Crippen molar-refractivity contribution in [3.8, 4) is 5.75 Å². The van der Waals surface area contributed by atoms with Gasteiger partial charge >= 0.3 is 5.97 Å². The highest BCUT2D eigenvalue weighted by Gasteiger charge is 2.14. The fourth-order valence-corrected chi connectivity index (χ4v) is 4.04. The summed E-state index contributed by atoms with van der Waals surface area (Å²) in [6.45, 7) is 5.84. The molecule has 3 aromatic rings. The lowest BCUT2D eigenvalue weighted by atomic mass is 10.0. The Hall–Kier alpha value is -3.54. The Morgan fingerprint density at radius 2 is 1.85 bits per heavy atom. The predicted molar refractivity (Wildman–Crippen MR) is 136 cm³/mol. The van der Waals surface area contributed by atoms with Crippen molar-refractivity contribution in [2.45, 2.75) is 46.1 Å². The number of aryl methyl sites for hydroxylation is 1. The molecule has 0 atom stereocenters. The Balaban J connectivity index is 1.91. The van der Waals surface area contributed by atoms with E-state index in [1.54, 1.807) is 19.2 Å². The smallest absolute Gasteiger partial charge is 0.337 e. The van der Waals surface area contributed by atoms with Gasteiger partial charge in [0.05, 0.1) is 19.8 Å². The van der Waals surface area contributed by atoms with Crippen LogP contribution in [0, 0.1) is 0 Å². The van der Waals surface area contributed by atoms with Crippen LogP contribution in [0.3, 0.4) is 0 Å². The van der Waals surface area contributed by atoms with Gasteiger partial charge in [-0.25, -0.2) is 4.79 Å². The standard InChI is InChI=1S/C28H34N2O4/c1-5-14-29-27(31)9-7-8-20-10-13-25-24(16-20)23(19-30(25)15-6-2)17-21-11-12-22(28(32)34-4)18-26(21)33-3/h7-8,10-13,16,18-19H,5-6,9,14-15,17H2,1-4H3,(H,29,31)/b8-7+. The maximum atomic E-state index is 11.9. The minimum absolute atomic E-state index is 0.0384. The molecule has 1 heterocycles. The van der Waals surface area contributed by atoms with Gasteiger partial charge in [-0.1, -0.05) is 38.1 Å². The number of carbonyl (C=O) groups excluding carboxylic acids is 2. The highest BCUT2D eigenvalue weighted by atomic mass is 16.5. The molecule has 0 bridgehead atoms. The summed E-state index contributed by atoms with van der Waals surface area (Å²) in [6, 6.07) is 11.8. The molecule has 1 aromatic heterocycles. The van der Waals surface area contributed by atoms with Crippen molar-refractivity contribution >= 4 is 28.9 Å². The third-order valence-corrected chi connectivity index (χ3v) is 5.73. The van der Waals surface area contributed by atoms with Crippen molar-refractivity contribution in [2.24, 2.45) is 0 Å². The van der Waals surface area contributed by atoms with Gasteiger partial charge in [-0.3, -0.25) is 4.79 Å². The van der Waals surface area contributed by atoms with Crippen LogP contribution in [-0.2, 0) is 22.5 Å². The Kier molecular flexibility index (Phi) is 8.91. The van der Waals surface area contributed by atoms with Crippen molar-refractivity contribution in [3.05, 3.63) is 70.9 Å². The molecule has 0 saturated heterocycles. The van der Waals surface area contributed by atoms with Crippen molar-refractivity contribution in [1.82, 2.24) is 9.88 Å². The van der Waals surface area contributed by atoms with Crippen molar-refractivity contribution in [3.63, 3.8) is 0 Å². The van der Waals surface area contributed by atoms with E-state index >= 15 is 0 Å². The molecule has 34 heavy (non-hydrogen) atoms. The number of ether oxygens (including phenoxy) is 2. The summed E-state index contributed by atoms with van der Waals surface area (Å²) in [5.41, 5.74) is 4.88. The largest absolute Gasteiger partial charge is 0.496 e. The van der Waals surface area contributed by atoms with Gasteiger partial charge in [0.1, 0.15) is 5.75 Å². The first kappa shape index (κ1) is 25.1. The number of rotatable bonds is 11. The van der Waals surface area contributed by atoms with E-state index in [1.807, 2.05) is 25.1 Å². The zero-order valence-corrected chi connectivity index (χ0v) is 20.5. The summed E-state index contributed by atoms with van der Waals surface area (Å²) in [4.78, 5) is 23.8. The first-order valence-corrected chi connectivity index (χ1v) is 11.8. The van der Waals surface area contributed by atoms with Gasteiger partial charge in [0.15, 0.2) is 0 Å². The molecule has 180 valence electrons. The minimum Gasteiger partial charge on any atom is -0.496 e. The summed E-state index contributed by atoms with van der Waals surface area (Å²) in [5, 5.41) is 4.06. The zero-order chi connectivity index (χ0) is 24.5. The highest BCUT2D eigenvalue weighted by molar-refractivity contribution is 5.90. The van der Waals surface area contributed by atoms with Gasteiger partial charge in [0, 0.05) is 43.0 Å². The molecular formula is C28H34N2O4. The number of aromatic nitrogens is 1. The van der Waals surface area contributed by atoms with E-state index in [1.165, 1.54) is 23.6 Å². The van der Waals surface area contributed by atoms with E-state index in [2.05, 4.69) is 41.2 Å². The van der Waals surface area contributed by atoms with Crippen LogP contribution in [-0.4, -0.2) is 37.2 Å². The average Bonchev–Trinajstić information content (AvgIpc) is 3.19. The van der Waals surface area contributed by atoms with Crippen molar-refractivity contribution < 1.29 is 19.1 Å². The Morgan fingerprint density at radius 1 is 1.03 bits per heavy atom. The second-order valence-corrected chi connectivity index (χ2v) is 8.28. The molecule has 2 aromatic carbocycles. The maximum Gasteiger partial charge on any atom is 0.337 e. The number of nitrogens with one attached hydrogen (secondary N) is 1. The van der Waals surface area contributed by atoms with Crippen LogP contribution in [0.5, 0.6) is 5.75 Å². The van der Waals surface area contributed by atoms with Crippen LogP contribution in [0.2, 0.25) is 0 Å². The van der Waals surface area contributed by atoms with Gasteiger partial charge in [-0.15, -0.1) is 0 Å². The predicted octanol–water partition coefficient (Wildman–Crippen LogP) is 5.37. The second kappa shape index (κ2) is 12.1. The molecule has 0 aliphatic heterocycles. The van der Waals surface area contributed by atoms with Crippen molar-refractivity contribution in [1.29, 1.82) is 0 Å². The lowest BCUT2D eigenvalue weighted by Gasteiger charge is -2.10. The summed E-state index contributed by atoms with van der Waals surface area (Å²) in [7, 11) is 2.98. The van der Waals surface area contributed by atoms with Crippen molar-refractivity contribution in [2.75, 3.05) is 20.8 Å². The van der Waals surface area contributed by atoms with Crippen LogP contribution in [0.25, 0.3) is 17.0 Å². The number of hydrogen-bond acceptors (Lipinski definition) is 4. The molecule has 6 nitrogen and oxygen atoms in total. The van der Waals surface area contributed by atoms with E-state index < -0.39 is 0 Å². The van der Waals surface area contributed by atoms with Gasteiger partial charge in [0.2, 0.25) is 5.91 Å². The number of benzene rings is 2. The van der Waals surface area contributed by atoms with Crippen LogP contribution in [0.4, 0.5) is 0 Å².